The maximum absolute atomic E-state index is 13.1. The van der Waals surface area contributed by atoms with E-state index < -0.39 is 23.5 Å². The molecule has 1 aromatic heterocycles. The van der Waals surface area contributed by atoms with Crippen LogP contribution in [0, 0.1) is 12.7 Å². The van der Waals surface area contributed by atoms with Crippen LogP contribution in [0.3, 0.4) is 0 Å². The Bertz CT molecular complexity index is 664. The zero-order chi connectivity index (χ0) is 15.6. The van der Waals surface area contributed by atoms with E-state index in [0.717, 1.165) is 11.8 Å². The third-order valence-electron chi connectivity index (χ3n) is 2.91. The number of hydrogen-bond donors (Lipinski definition) is 2. The van der Waals surface area contributed by atoms with Crippen LogP contribution in [0.4, 0.5) is 17.6 Å². The number of halogens is 4. The highest BCUT2D eigenvalue weighted by atomic mass is 19.4. The van der Waals surface area contributed by atoms with Gasteiger partial charge in [0.25, 0.3) is 5.91 Å². The molecule has 0 saturated heterocycles. The van der Waals surface area contributed by atoms with E-state index in [0.29, 0.717) is 17.7 Å². The molecule has 2 N–H and O–H groups in total. The molecule has 1 aromatic carbocycles. The van der Waals surface area contributed by atoms with Crippen LogP contribution in [0.15, 0.2) is 24.4 Å². The molecule has 0 spiro atoms. The van der Waals surface area contributed by atoms with E-state index in [1.54, 1.807) is 6.92 Å². The van der Waals surface area contributed by atoms with E-state index in [-0.39, 0.29) is 12.1 Å². The summed E-state index contributed by atoms with van der Waals surface area (Å²) in [5.41, 5.74) is -0.272. The highest BCUT2D eigenvalue weighted by molar-refractivity contribution is 5.94. The average Bonchev–Trinajstić information content (AvgIpc) is 2.80. The van der Waals surface area contributed by atoms with Crippen molar-refractivity contribution < 1.29 is 22.4 Å². The second kappa shape index (κ2) is 5.55. The van der Waals surface area contributed by atoms with E-state index in [1.165, 1.54) is 6.20 Å². The summed E-state index contributed by atoms with van der Waals surface area (Å²) in [4.78, 5) is 11.8. The van der Waals surface area contributed by atoms with Gasteiger partial charge in [0.05, 0.1) is 11.8 Å². The van der Waals surface area contributed by atoms with Gasteiger partial charge in [-0.3, -0.25) is 9.89 Å². The number of H-pyrrole nitrogens is 1. The van der Waals surface area contributed by atoms with Crippen molar-refractivity contribution in [1.29, 1.82) is 0 Å². The van der Waals surface area contributed by atoms with Crippen molar-refractivity contribution in [3.8, 4) is 0 Å². The maximum atomic E-state index is 13.1. The summed E-state index contributed by atoms with van der Waals surface area (Å²) < 4.78 is 50.8. The molecule has 0 unspecified atom stereocenters. The Hall–Kier alpha value is -2.38. The van der Waals surface area contributed by atoms with Crippen LogP contribution in [0.25, 0.3) is 0 Å². The molecule has 0 aliphatic rings. The number of nitrogens with zero attached hydrogens (tertiary/aromatic N) is 1. The maximum Gasteiger partial charge on any atom is 0.419 e. The number of amides is 1. The number of aromatic amines is 1. The largest absolute Gasteiger partial charge is 0.419 e. The number of hydrogen-bond acceptors (Lipinski definition) is 2. The molecule has 0 fully saturated rings. The summed E-state index contributed by atoms with van der Waals surface area (Å²) in [7, 11) is 0. The lowest BCUT2D eigenvalue weighted by Gasteiger charge is -2.10. The summed E-state index contributed by atoms with van der Waals surface area (Å²) in [6, 6.07) is 2.12. The number of nitrogens with one attached hydrogen (secondary N) is 2. The molecular weight excluding hydrogens is 290 g/mol. The Morgan fingerprint density at radius 2 is 2.10 bits per heavy atom. The normalized spacial score (nSPS) is 11.5. The van der Waals surface area contributed by atoms with Crippen molar-refractivity contribution in [2.75, 3.05) is 0 Å². The van der Waals surface area contributed by atoms with Crippen LogP contribution in [0.2, 0.25) is 0 Å². The second-order valence-electron chi connectivity index (χ2n) is 4.40. The van der Waals surface area contributed by atoms with Gasteiger partial charge in [-0.1, -0.05) is 0 Å². The minimum Gasteiger partial charge on any atom is -0.348 e. The predicted octanol–water partition coefficient (Wildman–Crippen LogP) is 2.81. The van der Waals surface area contributed by atoms with E-state index in [4.69, 9.17) is 0 Å². The van der Waals surface area contributed by atoms with Gasteiger partial charge in [0.2, 0.25) is 0 Å². The number of alkyl halides is 3. The Kier molecular flexibility index (Phi) is 3.97. The number of benzene rings is 1. The Labute approximate surface area is 117 Å². The molecule has 8 heteroatoms. The molecule has 0 atom stereocenters. The van der Waals surface area contributed by atoms with Crippen molar-refractivity contribution >= 4 is 5.91 Å². The Morgan fingerprint density at radius 3 is 2.67 bits per heavy atom. The van der Waals surface area contributed by atoms with Crippen LogP contribution in [0.1, 0.15) is 27.2 Å². The molecule has 2 rings (SSSR count). The monoisotopic (exact) mass is 301 g/mol. The first-order valence-corrected chi connectivity index (χ1v) is 5.93. The van der Waals surface area contributed by atoms with Crippen LogP contribution in [-0.4, -0.2) is 16.1 Å². The SMILES string of the molecule is Cc1[nH]ncc1CNC(=O)c1ccc(F)c(C(F)(F)F)c1. The van der Waals surface area contributed by atoms with Gasteiger partial charge in [-0.05, 0) is 25.1 Å². The number of aromatic nitrogens is 2. The molecule has 4 nitrogen and oxygen atoms in total. The fourth-order valence-electron chi connectivity index (χ4n) is 1.72. The number of carbonyl (C=O) groups is 1. The minimum absolute atomic E-state index is 0.111. The third kappa shape index (κ3) is 3.39. The first kappa shape index (κ1) is 15.0. The molecule has 1 amide bonds. The topological polar surface area (TPSA) is 57.8 Å². The van der Waals surface area contributed by atoms with Crippen molar-refractivity contribution in [2.24, 2.45) is 0 Å². The summed E-state index contributed by atoms with van der Waals surface area (Å²) in [6.07, 6.45) is -3.34. The summed E-state index contributed by atoms with van der Waals surface area (Å²) in [6.45, 7) is 1.86. The third-order valence-corrected chi connectivity index (χ3v) is 2.91. The molecule has 0 radical (unpaired) electrons. The zero-order valence-electron chi connectivity index (χ0n) is 10.9. The van der Waals surface area contributed by atoms with Gasteiger partial charge in [0.15, 0.2) is 0 Å². The predicted molar refractivity (Wildman–Crippen MR) is 65.9 cm³/mol. The average molecular weight is 301 g/mol. The van der Waals surface area contributed by atoms with Crippen LogP contribution >= 0.6 is 0 Å². The highest BCUT2D eigenvalue weighted by Crippen LogP contribution is 2.31. The Balaban J connectivity index is 2.15. The number of carbonyl (C=O) groups excluding carboxylic acids is 1. The lowest BCUT2D eigenvalue weighted by molar-refractivity contribution is -0.140. The van der Waals surface area contributed by atoms with E-state index >= 15 is 0 Å². The van der Waals surface area contributed by atoms with Crippen molar-refractivity contribution in [1.82, 2.24) is 15.5 Å². The van der Waals surface area contributed by atoms with Gasteiger partial charge in [0.1, 0.15) is 5.82 Å². The lowest BCUT2D eigenvalue weighted by Crippen LogP contribution is -2.23. The smallest absolute Gasteiger partial charge is 0.348 e. The Morgan fingerprint density at radius 1 is 1.38 bits per heavy atom. The molecule has 0 bridgehead atoms. The van der Waals surface area contributed by atoms with E-state index in [2.05, 4.69) is 15.5 Å². The van der Waals surface area contributed by atoms with Crippen LogP contribution in [-0.2, 0) is 12.7 Å². The standard InChI is InChI=1S/C13H11F4N3O/c1-7-9(6-19-20-7)5-18-12(21)8-2-3-11(14)10(4-8)13(15,16)17/h2-4,6H,5H2,1H3,(H,18,21)(H,19,20). The van der Waals surface area contributed by atoms with Gasteiger partial charge in [-0.2, -0.15) is 18.3 Å². The number of rotatable bonds is 3. The second-order valence-corrected chi connectivity index (χ2v) is 4.40. The first-order chi connectivity index (χ1) is 9.79. The number of aryl methyl sites for hydroxylation is 1. The molecule has 2 aromatic rings. The molecule has 0 saturated carbocycles. The van der Waals surface area contributed by atoms with Gasteiger partial charge < -0.3 is 5.32 Å². The van der Waals surface area contributed by atoms with Crippen molar-refractivity contribution in [3.05, 3.63) is 52.6 Å². The summed E-state index contributed by atoms with van der Waals surface area (Å²) >= 11 is 0. The van der Waals surface area contributed by atoms with Gasteiger partial charge in [0, 0.05) is 23.4 Å². The summed E-state index contributed by atoms with van der Waals surface area (Å²) in [5, 5.41) is 8.88. The quantitative estimate of drug-likeness (QED) is 0.857. The van der Waals surface area contributed by atoms with Gasteiger partial charge >= 0.3 is 6.18 Å². The first-order valence-electron chi connectivity index (χ1n) is 5.93. The molecule has 0 aliphatic carbocycles. The van der Waals surface area contributed by atoms with Crippen LogP contribution in [0.5, 0.6) is 0 Å². The molecular formula is C13H11F4N3O. The van der Waals surface area contributed by atoms with E-state index in [9.17, 15) is 22.4 Å². The van der Waals surface area contributed by atoms with Crippen molar-refractivity contribution in [3.63, 3.8) is 0 Å². The molecule has 0 aliphatic heterocycles. The van der Waals surface area contributed by atoms with Gasteiger partial charge in [-0.25, -0.2) is 4.39 Å². The van der Waals surface area contributed by atoms with E-state index in [1.807, 2.05) is 0 Å². The minimum atomic E-state index is -4.85. The molecule has 112 valence electrons. The summed E-state index contributed by atoms with van der Waals surface area (Å²) in [5.74, 6) is -2.13. The fourth-order valence-corrected chi connectivity index (χ4v) is 1.72. The molecule has 21 heavy (non-hydrogen) atoms. The molecule has 1 heterocycles. The fraction of sp³-hybridized carbons (Fsp3) is 0.231. The van der Waals surface area contributed by atoms with Gasteiger partial charge in [-0.15, -0.1) is 0 Å². The zero-order valence-corrected chi connectivity index (χ0v) is 10.9. The van der Waals surface area contributed by atoms with Crippen molar-refractivity contribution in [2.45, 2.75) is 19.6 Å². The lowest BCUT2D eigenvalue weighted by atomic mass is 10.1. The highest BCUT2D eigenvalue weighted by Gasteiger charge is 2.34. The van der Waals surface area contributed by atoms with Crippen LogP contribution < -0.4 is 5.32 Å².